The van der Waals surface area contributed by atoms with Crippen LogP contribution in [0.5, 0.6) is 0 Å². The van der Waals surface area contributed by atoms with Gasteiger partial charge in [0.25, 0.3) is 0 Å². The van der Waals surface area contributed by atoms with Crippen LogP contribution in [0, 0.1) is 5.41 Å². The summed E-state index contributed by atoms with van der Waals surface area (Å²) in [5, 5.41) is 9.37. The number of thioether (sulfide) groups is 1. The lowest BCUT2D eigenvalue weighted by molar-refractivity contribution is 1.24. The van der Waals surface area contributed by atoms with E-state index in [4.69, 9.17) is 11.1 Å². The Morgan fingerprint density at radius 3 is 2.93 bits per heavy atom. The monoisotopic (exact) mass is 205 g/mol. The maximum atomic E-state index is 7.12. The predicted molar refractivity (Wildman–Crippen MR) is 60.9 cm³/mol. The zero-order valence-corrected chi connectivity index (χ0v) is 8.40. The molecule has 72 valence electrons. The molecule has 4 heteroatoms. The third-order valence-electron chi connectivity index (χ3n) is 1.89. The van der Waals surface area contributed by atoms with E-state index in [0.717, 1.165) is 10.5 Å². The number of aromatic nitrogens is 1. The van der Waals surface area contributed by atoms with Gasteiger partial charge in [0, 0.05) is 10.9 Å². The zero-order chi connectivity index (χ0) is 9.97. The number of para-hydroxylation sites is 1. The van der Waals surface area contributed by atoms with Crippen molar-refractivity contribution in [1.29, 1.82) is 5.41 Å². The molecule has 2 rings (SSSR count). The van der Waals surface area contributed by atoms with E-state index < -0.39 is 0 Å². The van der Waals surface area contributed by atoms with Crippen molar-refractivity contribution in [2.75, 3.05) is 5.75 Å². The molecule has 0 atom stereocenters. The Morgan fingerprint density at radius 1 is 1.43 bits per heavy atom. The van der Waals surface area contributed by atoms with Crippen LogP contribution in [0.4, 0.5) is 0 Å². The number of fused-ring (bicyclic) bond motifs is 1. The highest BCUT2D eigenvalue weighted by Crippen LogP contribution is 2.22. The summed E-state index contributed by atoms with van der Waals surface area (Å²) in [4.78, 5) is 3.26. The number of benzene rings is 1. The molecule has 4 N–H and O–H groups in total. The van der Waals surface area contributed by atoms with Gasteiger partial charge in [0.2, 0.25) is 0 Å². The van der Waals surface area contributed by atoms with Crippen molar-refractivity contribution in [3.05, 3.63) is 30.3 Å². The van der Waals surface area contributed by atoms with Crippen molar-refractivity contribution in [2.45, 2.75) is 5.03 Å². The normalized spacial score (nSPS) is 10.6. The molecule has 2 aromatic rings. The molecule has 0 aliphatic heterocycles. The molecule has 0 bridgehead atoms. The molecule has 1 heterocycles. The first-order chi connectivity index (χ1) is 6.75. The number of nitrogens with two attached hydrogens (primary N) is 1. The number of rotatable bonds is 3. The molecule has 0 saturated carbocycles. The lowest BCUT2D eigenvalue weighted by Gasteiger charge is -1.94. The second kappa shape index (κ2) is 3.75. The second-order valence-corrected chi connectivity index (χ2v) is 4.05. The molecule has 3 nitrogen and oxygen atoms in total. The molecule has 0 amide bonds. The molecule has 0 radical (unpaired) electrons. The van der Waals surface area contributed by atoms with Crippen LogP contribution in [0.3, 0.4) is 0 Å². The van der Waals surface area contributed by atoms with Crippen LogP contribution in [0.2, 0.25) is 0 Å². The smallest absolute Gasteiger partial charge is 0.101 e. The highest BCUT2D eigenvalue weighted by molar-refractivity contribution is 7.99. The molecule has 0 unspecified atom stereocenters. The summed E-state index contributed by atoms with van der Waals surface area (Å²) in [7, 11) is 0. The van der Waals surface area contributed by atoms with E-state index in [2.05, 4.69) is 17.1 Å². The SMILES string of the molecule is N=C(N)CSc1cc2ccccc2[nH]1. The predicted octanol–water partition coefficient (Wildman–Crippen LogP) is 2.20. The molecular formula is C10H11N3S. The largest absolute Gasteiger partial charge is 0.387 e. The minimum absolute atomic E-state index is 0.202. The minimum atomic E-state index is 0.202. The Kier molecular flexibility index (Phi) is 2.45. The lowest BCUT2D eigenvalue weighted by Crippen LogP contribution is -2.11. The maximum absolute atomic E-state index is 7.12. The van der Waals surface area contributed by atoms with E-state index in [-0.39, 0.29) is 5.84 Å². The number of hydrogen-bond donors (Lipinski definition) is 3. The van der Waals surface area contributed by atoms with E-state index in [1.54, 1.807) is 11.8 Å². The van der Waals surface area contributed by atoms with Gasteiger partial charge in [-0.05, 0) is 12.1 Å². The van der Waals surface area contributed by atoms with Gasteiger partial charge in [-0.3, -0.25) is 5.41 Å². The van der Waals surface area contributed by atoms with Gasteiger partial charge < -0.3 is 10.7 Å². The van der Waals surface area contributed by atoms with Gasteiger partial charge in [-0.15, -0.1) is 11.8 Å². The number of aromatic amines is 1. The van der Waals surface area contributed by atoms with Gasteiger partial charge in [-0.1, -0.05) is 18.2 Å². The van der Waals surface area contributed by atoms with Gasteiger partial charge in [-0.25, -0.2) is 0 Å². The number of H-pyrrole nitrogens is 1. The third kappa shape index (κ3) is 1.90. The average molecular weight is 205 g/mol. The molecule has 0 aliphatic carbocycles. The number of amidine groups is 1. The fourth-order valence-electron chi connectivity index (χ4n) is 1.28. The summed E-state index contributed by atoms with van der Waals surface area (Å²) in [6.45, 7) is 0. The standard InChI is InChI=1S/C10H11N3S/c11-9(12)6-14-10-5-7-3-1-2-4-8(7)13-10/h1-5,13H,6H2,(H3,11,12). The summed E-state index contributed by atoms with van der Waals surface area (Å²) in [5.41, 5.74) is 6.41. The third-order valence-corrected chi connectivity index (χ3v) is 2.87. The van der Waals surface area contributed by atoms with Crippen molar-refractivity contribution in [3.63, 3.8) is 0 Å². The highest BCUT2D eigenvalue weighted by Gasteiger charge is 2.00. The molecule has 1 aromatic heterocycles. The van der Waals surface area contributed by atoms with Crippen LogP contribution in [-0.4, -0.2) is 16.6 Å². The topological polar surface area (TPSA) is 65.7 Å². The fourth-order valence-corrected chi connectivity index (χ4v) is 1.98. The van der Waals surface area contributed by atoms with Crippen LogP contribution in [0.15, 0.2) is 35.4 Å². The molecule has 0 saturated heterocycles. The van der Waals surface area contributed by atoms with E-state index >= 15 is 0 Å². The molecular weight excluding hydrogens is 194 g/mol. The van der Waals surface area contributed by atoms with Gasteiger partial charge in [0.05, 0.1) is 10.8 Å². The fraction of sp³-hybridized carbons (Fsp3) is 0.100. The second-order valence-electron chi connectivity index (χ2n) is 3.03. The zero-order valence-electron chi connectivity index (χ0n) is 7.58. The Balaban J connectivity index is 2.22. The summed E-state index contributed by atoms with van der Waals surface area (Å²) < 4.78 is 0. The first-order valence-electron chi connectivity index (χ1n) is 4.29. The van der Waals surface area contributed by atoms with Crippen molar-refractivity contribution in [3.8, 4) is 0 Å². The Hall–Kier alpha value is -1.42. The van der Waals surface area contributed by atoms with Crippen molar-refractivity contribution < 1.29 is 0 Å². The van der Waals surface area contributed by atoms with Crippen LogP contribution < -0.4 is 5.73 Å². The number of nitrogens with one attached hydrogen (secondary N) is 2. The molecule has 14 heavy (non-hydrogen) atoms. The summed E-state index contributed by atoms with van der Waals surface area (Å²) >= 11 is 1.55. The minimum Gasteiger partial charge on any atom is -0.387 e. The van der Waals surface area contributed by atoms with Crippen molar-refractivity contribution in [1.82, 2.24) is 4.98 Å². The van der Waals surface area contributed by atoms with Crippen molar-refractivity contribution in [2.24, 2.45) is 5.73 Å². The van der Waals surface area contributed by atoms with E-state index in [9.17, 15) is 0 Å². The number of hydrogen-bond acceptors (Lipinski definition) is 2. The first-order valence-corrected chi connectivity index (χ1v) is 5.28. The van der Waals surface area contributed by atoms with Crippen LogP contribution in [-0.2, 0) is 0 Å². The molecule has 1 aromatic carbocycles. The first kappa shape index (κ1) is 9.15. The van der Waals surface area contributed by atoms with Crippen LogP contribution in [0.25, 0.3) is 10.9 Å². The Morgan fingerprint density at radius 2 is 2.21 bits per heavy atom. The van der Waals surface area contributed by atoms with E-state index in [1.165, 1.54) is 5.39 Å². The van der Waals surface area contributed by atoms with Gasteiger partial charge in [0.1, 0.15) is 5.84 Å². The van der Waals surface area contributed by atoms with E-state index in [0.29, 0.717) is 5.75 Å². The average Bonchev–Trinajstić information content (AvgIpc) is 2.57. The Bertz CT molecular complexity index is 428. The molecule has 0 fully saturated rings. The van der Waals surface area contributed by atoms with Crippen LogP contribution >= 0.6 is 11.8 Å². The van der Waals surface area contributed by atoms with Gasteiger partial charge >= 0.3 is 0 Å². The molecule has 0 spiro atoms. The Labute approximate surface area is 86.2 Å². The summed E-state index contributed by atoms with van der Waals surface area (Å²) in [6, 6.07) is 10.2. The molecule has 0 aliphatic rings. The quantitative estimate of drug-likeness (QED) is 0.408. The van der Waals surface area contributed by atoms with Gasteiger partial charge in [0.15, 0.2) is 0 Å². The van der Waals surface area contributed by atoms with E-state index in [1.807, 2.05) is 18.2 Å². The lowest BCUT2D eigenvalue weighted by atomic mass is 10.3. The van der Waals surface area contributed by atoms with Crippen LogP contribution in [0.1, 0.15) is 0 Å². The highest BCUT2D eigenvalue weighted by atomic mass is 32.2. The summed E-state index contributed by atoms with van der Waals surface area (Å²) in [6.07, 6.45) is 0. The summed E-state index contributed by atoms with van der Waals surface area (Å²) in [5.74, 6) is 0.737. The maximum Gasteiger partial charge on any atom is 0.101 e. The van der Waals surface area contributed by atoms with Gasteiger partial charge in [-0.2, -0.15) is 0 Å². The van der Waals surface area contributed by atoms with Crippen molar-refractivity contribution >= 4 is 28.5 Å².